The number of nitrogens with one attached hydrogen (secondary N) is 2. The van der Waals surface area contributed by atoms with Gasteiger partial charge in [0.2, 0.25) is 0 Å². The van der Waals surface area contributed by atoms with Gasteiger partial charge in [-0.15, -0.1) is 11.3 Å². The van der Waals surface area contributed by atoms with Gasteiger partial charge in [0.15, 0.2) is 5.96 Å². The number of guanidine groups is 1. The fourth-order valence-electron chi connectivity index (χ4n) is 2.29. The lowest BCUT2D eigenvalue weighted by atomic mass is 10.2. The van der Waals surface area contributed by atoms with Gasteiger partial charge < -0.3 is 20.1 Å². The lowest BCUT2D eigenvalue weighted by Crippen LogP contribution is -2.38. The minimum absolute atomic E-state index is 0.455. The zero-order valence-corrected chi connectivity index (χ0v) is 17.4. The van der Waals surface area contributed by atoms with Crippen molar-refractivity contribution in [2.24, 2.45) is 4.99 Å². The minimum atomic E-state index is 0.455. The van der Waals surface area contributed by atoms with Crippen molar-refractivity contribution in [1.29, 1.82) is 0 Å². The molecule has 2 aromatic rings. The van der Waals surface area contributed by atoms with Gasteiger partial charge in [-0.25, -0.2) is 9.98 Å². The van der Waals surface area contributed by atoms with Crippen molar-refractivity contribution < 1.29 is 9.47 Å². The molecule has 2 rings (SSSR count). The highest BCUT2D eigenvalue weighted by Crippen LogP contribution is 2.18. The maximum Gasteiger partial charge on any atom is 0.191 e. The quantitative estimate of drug-likeness (QED) is 0.367. The summed E-state index contributed by atoms with van der Waals surface area (Å²) in [6.45, 7) is 9.21. The van der Waals surface area contributed by atoms with Gasteiger partial charge in [0.05, 0.1) is 26.0 Å². The molecule has 0 bridgehead atoms. The first-order valence-corrected chi connectivity index (χ1v) is 10.2. The van der Waals surface area contributed by atoms with Crippen LogP contribution in [0.15, 0.2) is 34.6 Å². The summed E-state index contributed by atoms with van der Waals surface area (Å²) in [7, 11) is 1.66. The highest BCUT2D eigenvalue weighted by molar-refractivity contribution is 7.09. The van der Waals surface area contributed by atoms with E-state index >= 15 is 0 Å². The number of aliphatic imine (C=N–C) groups is 1. The van der Waals surface area contributed by atoms with Crippen LogP contribution in [0.5, 0.6) is 11.5 Å². The van der Waals surface area contributed by atoms with Gasteiger partial charge in [-0.1, -0.05) is 13.8 Å². The first-order valence-electron chi connectivity index (χ1n) is 9.35. The predicted octanol–water partition coefficient (Wildman–Crippen LogP) is 3.80. The molecule has 1 heterocycles. The fourth-order valence-corrected chi connectivity index (χ4v) is 3.17. The number of benzene rings is 1. The van der Waals surface area contributed by atoms with Crippen LogP contribution in [-0.4, -0.2) is 37.7 Å². The molecule has 0 saturated heterocycles. The number of aromatic nitrogens is 1. The molecule has 0 aliphatic rings. The van der Waals surface area contributed by atoms with Crippen LogP contribution in [0.25, 0.3) is 0 Å². The molecular formula is C20H30N4O2S. The molecule has 0 aliphatic heterocycles. The predicted molar refractivity (Wildman–Crippen MR) is 112 cm³/mol. The van der Waals surface area contributed by atoms with Crippen molar-refractivity contribution in [2.45, 2.75) is 39.7 Å². The first kappa shape index (κ1) is 21.0. The Labute approximate surface area is 166 Å². The molecule has 0 unspecified atom stereocenters. The van der Waals surface area contributed by atoms with E-state index in [-0.39, 0.29) is 0 Å². The summed E-state index contributed by atoms with van der Waals surface area (Å²) < 4.78 is 10.9. The van der Waals surface area contributed by atoms with Crippen LogP contribution < -0.4 is 20.1 Å². The van der Waals surface area contributed by atoms with Crippen LogP contribution in [0.2, 0.25) is 0 Å². The minimum Gasteiger partial charge on any atom is -0.497 e. The summed E-state index contributed by atoms with van der Waals surface area (Å²) in [6.07, 6.45) is 0.880. The Balaban J connectivity index is 1.72. The Morgan fingerprint density at radius 3 is 2.56 bits per heavy atom. The molecule has 0 atom stereocenters. The molecule has 7 heteroatoms. The van der Waals surface area contributed by atoms with E-state index in [9.17, 15) is 0 Å². The summed E-state index contributed by atoms with van der Waals surface area (Å²) in [5.74, 6) is 2.94. The summed E-state index contributed by atoms with van der Waals surface area (Å²) >= 11 is 1.67. The third-order valence-corrected chi connectivity index (χ3v) is 4.67. The molecule has 0 saturated carbocycles. The van der Waals surface area contributed by atoms with Gasteiger partial charge in [0.25, 0.3) is 0 Å². The van der Waals surface area contributed by atoms with Crippen LogP contribution in [0.4, 0.5) is 0 Å². The van der Waals surface area contributed by atoms with Crippen molar-refractivity contribution in [2.75, 3.05) is 26.8 Å². The lowest BCUT2D eigenvalue weighted by Gasteiger charge is -2.11. The monoisotopic (exact) mass is 390 g/mol. The zero-order chi connectivity index (χ0) is 19.5. The van der Waals surface area contributed by atoms with Crippen LogP contribution in [0.3, 0.4) is 0 Å². The number of methoxy groups -OCH3 is 1. The van der Waals surface area contributed by atoms with Crippen LogP contribution in [0.1, 0.15) is 43.8 Å². The topological polar surface area (TPSA) is 67.8 Å². The molecule has 0 radical (unpaired) electrons. The van der Waals surface area contributed by atoms with Crippen LogP contribution >= 0.6 is 11.3 Å². The average Bonchev–Trinajstić information content (AvgIpc) is 3.15. The van der Waals surface area contributed by atoms with E-state index in [2.05, 4.69) is 46.8 Å². The maximum absolute atomic E-state index is 5.74. The maximum atomic E-state index is 5.74. The molecule has 6 nitrogen and oxygen atoms in total. The first-order chi connectivity index (χ1) is 13.1. The van der Waals surface area contributed by atoms with Gasteiger partial charge in [-0.05, 0) is 43.5 Å². The van der Waals surface area contributed by atoms with Gasteiger partial charge >= 0.3 is 0 Å². The fraction of sp³-hybridized carbons (Fsp3) is 0.500. The van der Waals surface area contributed by atoms with Crippen molar-refractivity contribution in [1.82, 2.24) is 15.6 Å². The zero-order valence-electron chi connectivity index (χ0n) is 16.6. The van der Waals surface area contributed by atoms with E-state index in [0.717, 1.165) is 47.7 Å². The van der Waals surface area contributed by atoms with E-state index < -0.39 is 0 Å². The molecule has 0 fully saturated rings. The van der Waals surface area contributed by atoms with Gasteiger partial charge in [-0.2, -0.15) is 0 Å². The third-order valence-electron chi connectivity index (χ3n) is 3.82. The Bertz CT molecular complexity index is 698. The average molecular weight is 391 g/mol. The van der Waals surface area contributed by atoms with Gasteiger partial charge in [0, 0.05) is 18.5 Å². The molecule has 27 heavy (non-hydrogen) atoms. The number of hydrogen-bond acceptors (Lipinski definition) is 5. The Kier molecular flexibility index (Phi) is 8.91. The second-order valence-corrected chi connectivity index (χ2v) is 7.26. The summed E-state index contributed by atoms with van der Waals surface area (Å²) in [4.78, 5) is 9.24. The third kappa shape index (κ3) is 7.46. The van der Waals surface area contributed by atoms with E-state index in [1.165, 1.54) is 0 Å². The SMILES string of the molecule is CCNC(=NCc1nc(C(C)C)cs1)NCCCOc1ccc(OC)cc1. The van der Waals surface area contributed by atoms with Crippen molar-refractivity contribution in [3.63, 3.8) is 0 Å². The molecule has 148 valence electrons. The van der Waals surface area contributed by atoms with Crippen molar-refractivity contribution in [3.05, 3.63) is 40.3 Å². The highest BCUT2D eigenvalue weighted by Gasteiger charge is 2.05. The molecule has 2 N–H and O–H groups in total. The second kappa shape index (κ2) is 11.4. The number of thiazole rings is 1. The Morgan fingerprint density at radius 1 is 1.19 bits per heavy atom. The molecular weight excluding hydrogens is 360 g/mol. The summed E-state index contributed by atoms with van der Waals surface area (Å²) in [6, 6.07) is 7.62. The van der Waals surface area contributed by atoms with Crippen LogP contribution in [-0.2, 0) is 6.54 Å². The second-order valence-electron chi connectivity index (χ2n) is 6.32. The van der Waals surface area contributed by atoms with E-state index in [1.807, 2.05) is 24.3 Å². The van der Waals surface area contributed by atoms with Crippen molar-refractivity contribution in [3.8, 4) is 11.5 Å². The van der Waals surface area contributed by atoms with Crippen LogP contribution in [0, 0.1) is 0 Å². The summed E-state index contributed by atoms with van der Waals surface area (Å²) in [5.41, 5.74) is 1.14. The van der Waals surface area contributed by atoms with E-state index in [1.54, 1.807) is 18.4 Å². The molecule has 0 amide bonds. The Morgan fingerprint density at radius 2 is 1.93 bits per heavy atom. The highest BCUT2D eigenvalue weighted by atomic mass is 32.1. The number of rotatable bonds is 10. The van der Waals surface area contributed by atoms with E-state index in [0.29, 0.717) is 19.1 Å². The number of ether oxygens (including phenoxy) is 2. The molecule has 1 aromatic carbocycles. The smallest absolute Gasteiger partial charge is 0.191 e. The largest absolute Gasteiger partial charge is 0.497 e. The molecule has 1 aromatic heterocycles. The Hall–Kier alpha value is -2.28. The standard InChI is InChI=1S/C20H30N4O2S/c1-5-21-20(23-13-19-24-18(14-27-19)15(2)3)22-11-6-12-26-17-9-7-16(25-4)8-10-17/h7-10,14-15H,5-6,11-13H2,1-4H3,(H2,21,22,23). The number of nitrogens with zero attached hydrogens (tertiary/aromatic N) is 2. The lowest BCUT2D eigenvalue weighted by molar-refractivity contribution is 0.310. The summed E-state index contributed by atoms with van der Waals surface area (Å²) in [5, 5.41) is 9.76. The van der Waals surface area contributed by atoms with Crippen molar-refractivity contribution >= 4 is 17.3 Å². The van der Waals surface area contributed by atoms with E-state index in [4.69, 9.17) is 9.47 Å². The molecule has 0 aliphatic carbocycles. The van der Waals surface area contributed by atoms with Gasteiger partial charge in [-0.3, -0.25) is 0 Å². The number of hydrogen-bond donors (Lipinski definition) is 2. The molecule has 0 spiro atoms. The van der Waals surface area contributed by atoms with Gasteiger partial charge in [0.1, 0.15) is 16.5 Å². The normalized spacial score (nSPS) is 11.5.